The van der Waals surface area contributed by atoms with Crippen molar-refractivity contribution in [3.05, 3.63) is 75.3 Å². The van der Waals surface area contributed by atoms with Crippen molar-refractivity contribution in [3.63, 3.8) is 0 Å². The summed E-state index contributed by atoms with van der Waals surface area (Å²) in [5.41, 5.74) is 3.87. The molecule has 0 spiro atoms. The summed E-state index contributed by atoms with van der Waals surface area (Å²) in [5, 5.41) is 13.5. The number of anilines is 1. The van der Waals surface area contributed by atoms with Gasteiger partial charge in [-0.2, -0.15) is 0 Å². The Morgan fingerprint density at radius 2 is 1.92 bits per heavy atom. The Morgan fingerprint density at radius 1 is 1.08 bits per heavy atom. The van der Waals surface area contributed by atoms with Crippen LogP contribution in [-0.4, -0.2) is 70.6 Å². The van der Waals surface area contributed by atoms with Gasteiger partial charge in [-0.15, -0.1) is 11.3 Å². The van der Waals surface area contributed by atoms with Gasteiger partial charge in [-0.3, -0.25) is 19.8 Å². The quantitative estimate of drug-likeness (QED) is 0.487. The third-order valence-corrected chi connectivity index (χ3v) is 9.22. The van der Waals surface area contributed by atoms with Crippen LogP contribution in [0.2, 0.25) is 0 Å². The molecule has 8 nitrogen and oxygen atoms in total. The number of benzene rings is 2. The highest BCUT2D eigenvalue weighted by Gasteiger charge is 2.32. The summed E-state index contributed by atoms with van der Waals surface area (Å²) in [6.45, 7) is 6.02. The Labute approximate surface area is 232 Å². The van der Waals surface area contributed by atoms with Gasteiger partial charge in [-0.1, -0.05) is 12.1 Å². The van der Waals surface area contributed by atoms with Gasteiger partial charge in [0.15, 0.2) is 5.13 Å². The molecule has 0 radical (unpaired) electrons. The molecule has 9 heteroatoms. The Kier molecular flexibility index (Phi) is 7.38. The second kappa shape index (κ2) is 11.1. The number of aromatic nitrogens is 1. The number of morpholine rings is 1. The molecule has 0 bridgehead atoms. The SMILES string of the molecule is Cc1cc(C(=O)N2CCCC2c2cccc(C(=O)Nc3nc4c(s3)CC(N3CCOCC3)CC4)c2)ccc1O. The number of hydrogen-bond acceptors (Lipinski definition) is 7. The average Bonchev–Trinajstić information content (AvgIpc) is 3.61. The number of phenols is 1. The number of rotatable bonds is 5. The fourth-order valence-electron chi connectivity index (χ4n) is 6.03. The molecule has 2 aliphatic heterocycles. The number of aryl methyl sites for hydroxylation is 2. The van der Waals surface area contributed by atoms with Gasteiger partial charge in [-0.25, -0.2) is 4.98 Å². The Bertz CT molecular complexity index is 1380. The van der Waals surface area contributed by atoms with Crippen LogP contribution in [0.4, 0.5) is 5.13 Å². The first-order chi connectivity index (χ1) is 19.0. The average molecular weight is 547 g/mol. The number of phenolic OH excluding ortho intramolecular Hbond substituents is 1. The van der Waals surface area contributed by atoms with E-state index < -0.39 is 0 Å². The molecule has 3 aromatic rings. The van der Waals surface area contributed by atoms with Crippen molar-refractivity contribution in [2.24, 2.45) is 0 Å². The third kappa shape index (κ3) is 5.44. The summed E-state index contributed by atoms with van der Waals surface area (Å²) >= 11 is 1.59. The first-order valence-corrected chi connectivity index (χ1v) is 14.6. The van der Waals surface area contributed by atoms with Gasteiger partial charge in [0.2, 0.25) is 0 Å². The summed E-state index contributed by atoms with van der Waals surface area (Å²) in [6, 6.07) is 13.0. The minimum absolute atomic E-state index is 0.0563. The molecule has 1 aromatic heterocycles. The van der Waals surface area contributed by atoms with Crippen LogP contribution in [0, 0.1) is 6.92 Å². The molecule has 2 N–H and O–H groups in total. The molecule has 1 aliphatic carbocycles. The number of carbonyl (C=O) groups is 2. The van der Waals surface area contributed by atoms with E-state index in [4.69, 9.17) is 9.72 Å². The van der Waals surface area contributed by atoms with E-state index in [1.165, 1.54) is 4.88 Å². The fourth-order valence-corrected chi connectivity index (χ4v) is 7.11. The molecule has 0 saturated carbocycles. The highest BCUT2D eigenvalue weighted by atomic mass is 32.1. The van der Waals surface area contributed by atoms with Gasteiger partial charge in [0, 0.05) is 41.7 Å². The second-order valence-electron chi connectivity index (χ2n) is 10.7. The van der Waals surface area contributed by atoms with Crippen molar-refractivity contribution in [2.75, 3.05) is 38.2 Å². The van der Waals surface area contributed by atoms with Gasteiger partial charge in [-0.05, 0) is 80.5 Å². The summed E-state index contributed by atoms with van der Waals surface area (Å²) in [7, 11) is 0. The Hall–Kier alpha value is -3.27. The lowest BCUT2D eigenvalue weighted by Gasteiger charge is -2.36. The van der Waals surface area contributed by atoms with Crippen LogP contribution in [0.1, 0.15) is 67.7 Å². The molecule has 2 fully saturated rings. The molecule has 204 valence electrons. The second-order valence-corrected chi connectivity index (χ2v) is 11.8. The summed E-state index contributed by atoms with van der Waals surface area (Å²) < 4.78 is 5.51. The molecular formula is C30H34N4O4S. The van der Waals surface area contributed by atoms with Crippen molar-refractivity contribution in [3.8, 4) is 5.75 Å². The maximum absolute atomic E-state index is 13.3. The minimum Gasteiger partial charge on any atom is -0.508 e. The van der Waals surface area contributed by atoms with Gasteiger partial charge >= 0.3 is 0 Å². The fraction of sp³-hybridized carbons (Fsp3) is 0.433. The number of carbonyl (C=O) groups excluding carboxylic acids is 2. The highest BCUT2D eigenvalue weighted by Crippen LogP contribution is 2.35. The number of aromatic hydroxyl groups is 1. The molecule has 3 aliphatic rings. The predicted octanol–water partition coefficient (Wildman–Crippen LogP) is 4.58. The lowest BCUT2D eigenvalue weighted by atomic mass is 9.96. The van der Waals surface area contributed by atoms with Crippen LogP contribution in [0.3, 0.4) is 0 Å². The van der Waals surface area contributed by atoms with Crippen LogP contribution < -0.4 is 5.32 Å². The Balaban J connectivity index is 1.14. The number of likely N-dealkylation sites (tertiary alicyclic amines) is 1. The molecule has 3 heterocycles. The van der Waals surface area contributed by atoms with E-state index >= 15 is 0 Å². The lowest BCUT2D eigenvalue weighted by Crippen LogP contribution is -2.45. The summed E-state index contributed by atoms with van der Waals surface area (Å²) in [5.74, 6) is -0.0573. The van der Waals surface area contributed by atoms with E-state index in [-0.39, 0.29) is 23.6 Å². The van der Waals surface area contributed by atoms with Crippen LogP contribution in [0.5, 0.6) is 5.75 Å². The van der Waals surface area contributed by atoms with Crippen molar-refractivity contribution < 1.29 is 19.4 Å². The molecule has 6 rings (SSSR count). The minimum atomic E-state index is -0.183. The lowest BCUT2D eigenvalue weighted by molar-refractivity contribution is 0.0139. The molecule has 2 amide bonds. The number of thiazole rings is 1. The van der Waals surface area contributed by atoms with Gasteiger partial charge in [0.1, 0.15) is 5.75 Å². The van der Waals surface area contributed by atoms with E-state index in [9.17, 15) is 14.7 Å². The van der Waals surface area contributed by atoms with E-state index in [1.807, 2.05) is 29.2 Å². The zero-order valence-electron chi connectivity index (χ0n) is 22.2. The van der Waals surface area contributed by atoms with Gasteiger partial charge in [0.05, 0.1) is 24.9 Å². The first-order valence-electron chi connectivity index (χ1n) is 13.8. The molecule has 2 saturated heterocycles. The molecule has 39 heavy (non-hydrogen) atoms. The predicted molar refractivity (Wildman–Crippen MR) is 151 cm³/mol. The molecule has 2 unspecified atom stereocenters. The van der Waals surface area contributed by atoms with Gasteiger partial charge in [0.25, 0.3) is 11.8 Å². The zero-order valence-corrected chi connectivity index (χ0v) is 23.0. The number of amides is 2. The highest BCUT2D eigenvalue weighted by molar-refractivity contribution is 7.15. The number of fused-ring (bicyclic) bond motifs is 1. The molecule has 2 aromatic carbocycles. The van der Waals surface area contributed by atoms with Crippen LogP contribution in [0.15, 0.2) is 42.5 Å². The van der Waals surface area contributed by atoms with Crippen molar-refractivity contribution in [1.82, 2.24) is 14.8 Å². The number of nitrogens with one attached hydrogen (secondary N) is 1. The molecular weight excluding hydrogens is 512 g/mol. The van der Waals surface area contributed by atoms with Crippen LogP contribution in [-0.2, 0) is 17.6 Å². The van der Waals surface area contributed by atoms with E-state index in [0.29, 0.717) is 34.4 Å². The van der Waals surface area contributed by atoms with E-state index in [0.717, 1.165) is 69.7 Å². The van der Waals surface area contributed by atoms with E-state index in [2.05, 4.69) is 10.2 Å². The number of ether oxygens (including phenoxy) is 1. The van der Waals surface area contributed by atoms with E-state index in [1.54, 1.807) is 36.5 Å². The third-order valence-electron chi connectivity index (χ3n) is 8.19. The van der Waals surface area contributed by atoms with Crippen molar-refractivity contribution in [1.29, 1.82) is 0 Å². The Morgan fingerprint density at radius 3 is 2.74 bits per heavy atom. The molecule has 2 atom stereocenters. The zero-order chi connectivity index (χ0) is 26.9. The van der Waals surface area contributed by atoms with Crippen molar-refractivity contribution in [2.45, 2.75) is 51.1 Å². The normalized spacial score (nSPS) is 21.5. The van der Waals surface area contributed by atoms with Crippen LogP contribution >= 0.6 is 11.3 Å². The maximum atomic E-state index is 13.3. The van der Waals surface area contributed by atoms with Crippen molar-refractivity contribution >= 4 is 28.3 Å². The largest absolute Gasteiger partial charge is 0.508 e. The van der Waals surface area contributed by atoms with Gasteiger partial charge < -0.3 is 14.7 Å². The standard InChI is InChI=1S/C30H34N4O4S/c1-19-16-22(7-10-26(19)35)29(37)34-11-3-6-25(34)20-4-2-5-21(17-20)28(36)32-30-31-24-9-8-23(18-27(24)39-30)33-12-14-38-15-13-33/h2,4-5,7,10,16-17,23,25,35H,3,6,8-9,11-15,18H2,1H3,(H,31,32,36). The summed E-state index contributed by atoms with van der Waals surface area (Å²) in [6.07, 6.45) is 4.75. The maximum Gasteiger partial charge on any atom is 0.257 e. The monoisotopic (exact) mass is 546 g/mol. The number of hydrogen-bond donors (Lipinski definition) is 2. The summed E-state index contributed by atoms with van der Waals surface area (Å²) in [4.78, 5) is 37.0. The smallest absolute Gasteiger partial charge is 0.257 e. The number of nitrogens with zero attached hydrogens (tertiary/aromatic N) is 3. The first kappa shape index (κ1) is 26.0. The van der Waals surface area contributed by atoms with Crippen LogP contribution in [0.25, 0.3) is 0 Å². The topological polar surface area (TPSA) is 95.0 Å².